The summed E-state index contributed by atoms with van der Waals surface area (Å²) in [5.41, 5.74) is 3.52. The van der Waals surface area contributed by atoms with Gasteiger partial charge in [0.25, 0.3) is 0 Å². The minimum atomic E-state index is -0.335. The van der Waals surface area contributed by atoms with Crippen molar-refractivity contribution in [1.82, 2.24) is 9.38 Å². The molecule has 0 radical (unpaired) electrons. The van der Waals surface area contributed by atoms with E-state index < -0.39 is 0 Å². The smallest absolute Gasteiger partial charge is 0.338 e. The number of hydrogen-bond donors (Lipinski definition) is 0. The first-order valence-corrected chi connectivity index (χ1v) is 8.74. The number of thiazole rings is 1. The molecule has 0 aliphatic rings. The van der Waals surface area contributed by atoms with E-state index in [2.05, 4.69) is 4.98 Å². The molecule has 0 saturated heterocycles. The van der Waals surface area contributed by atoms with Crippen LogP contribution in [0.2, 0.25) is 0 Å². The van der Waals surface area contributed by atoms with Gasteiger partial charge in [0.1, 0.15) is 5.82 Å². The first kappa shape index (κ1) is 15.8. The Labute approximate surface area is 147 Å². The van der Waals surface area contributed by atoms with Gasteiger partial charge in [0.05, 0.1) is 28.1 Å². The van der Waals surface area contributed by atoms with E-state index in [-0.39, 0.29) is 11.8 Å². The Morgan fingerprint density at radius 3 is 2.92 bits per heavy atom. The van der Waals surface area contributed by atoms with E-state index in [1.54, 1.807) is 31.2 Å². The Bertz CT molecular complexity index is 1110. The van der Waals surface area contributed by atoms with Crippen LogP contribution in [-0.4, -0.2) is 22.0 Å². The van der Waals surface area contributed by atoms with Crippen molar-refractivity contribution in [2.24, 2.45) is 0 Å². The molecule has 0 spiro atoms. The maximum atomic E-state index is 14.1. The molecule has 0 fully saturated rings. The quantitative estimate of drug-likeness (QED) is 0.495. The van der Waals surface area contributed by atoms with Gasteiger partial charge in [-0.2, -0.15) is 0 Å². The lowest BCUT2D eigenvalue weighted by molar-refractivity contribution is 0.0526. The molecule has 25 heavy (non-hydrogen) atoms. The number of hydrogen-bond acceptors (Lipinski definition) is 4. The summed E-state index contributed by atoms with van der Waals surface area (Å²) in [6, 6.07) is 10.4. The Hall–Kier alpha value is -2.73. The van der Waals surface area contributed by atoms with Crippen LogP contribution in [0.15, 0.2) is 42.6 Å². The fraction of sp³-hybridized carbons (Fsp3) is 0.158. The molecule has 0 aliphatic heterocycles. The van der Waals surface area contributed by atoms with Crippen LogP contribution in [0.4, 0.5) is 4.39 Å². The molecule has 126 valence electrons. The van der Waals surface area contributed by atoms with Crippen LogP contribution in [0.25, 0.3) is 26.4 Å². The van der Waals surface area contributed by atoms with Gasteiger partial charge in [-0.1, -0.05) is 23.0 Å². The van der Waals surface area contributed by atoms with E-state index in [9.17, 15) is 9.18 Å². The van der Waals surface area contributed by atoms with Gasteiger partial charge in [-0.25, -0.2) is 14.2 Å². The van der Waals surface area contributed by atoms with E-state index in [0.29, 0.717) is 23.4 Å². The number of benzene rings is 2. The molecule has 0 saturated carbocycles. The second kappa shape index (κ2) is 5.97. The van der Waals surface area contributed by atoms with Crippen LogP contribution in [0.3, 0.4) is 0 Å². The van der Waals surface area contributed by atoms with Crippen molar-refractivity contribution < 1.29 is 13.9 Å². The molecule has 6 heteroatoms. The van der Waals surface area contributed by atoms with Gasteiger partial charge in [0.15, 0.2) is 4.96 Å². The summed E-state index contributed by atoms with van der Waals surface area (Å²) in [5, 5.41) is 0. The normalized spacial score (nSPS) is 11.3. The van der Waals surface area contributed by atoms with Gasteiger partial charge >= 0.3 is 5.97 Å². The molecule has 2 heterocycles. The fourth-order valence-electron chi connectivity index (χ4n) is 2.81. The van der Waals surface area contributed by atoms with E-state index in [0.717, 1.165) is 20.7 Å². The summed E-state index contributed by atoms with van der Waals surface area (Å²) >= 11 is 1.46. The first-order valence-electron chi connectivity index (χ1n) is 7.92. The summed E-state index contributed by atoms with van der Waals surface area (Å²) in [5.74, 6) is -0.622. The van der Waals surface area contributed by atoms with Gasteiger partial charge in [0.2, 0.25) is 0 Å². The number of carbonyl (C=O) groups is 1. The number of imidazole rings is 1. The Balaban J connectivity index is 1.82. The van der Waals surface area contributed by atoms with Crippen molar-refractivity contribution in [3.05, 3.63) is 59.5 Å². The van der Waals surface area contributed by atoms with Crippen LogP contribution in [0.5, 0.6) is 0 Å². The number of nitrogens with zero attached hydrogens (tertiary/aromatic N) is 2. The number of aromatic nitrogens is 2. The lowest BCUT2D eigenvalue weighted by Gasteiger charge is -2.02. The third-order valence-electron chi connectivity index (χ3n) is 4.00. The highest BCUT2D eigenvalue weighted by Crippen LogP contribution is 2.31. The zero-order valence-electron chi connectivity index (χ0n) is 13.7. The highest BCUT2D eigenvalue weighted by atomic mass is 32.1. The van der Waals surface area contributed by atoms with E-state index in [1.165, 1.54) is 17.4 Å². The van der Waals surface area contributed by atoms with Crippen LogP contribution >= 0.6 is 11.3 Å². The maximum absolute atomic E-state index is 14.1. The minimum Gasteiger partial charge on any atom is -0.462 e. The summed E-state index contributed by atoms with van der Waals surface area (Å²) in [6.45, 7) is 4.05. The fourth-order valence-corrected chi connectivity index (χ4v) is 3.85. The SMILES string of the molecule is CCOC(=O)c1ccc2c(c1)sc1nc(-c3cc(C)ccc3F)cn12. The highest BCUT2D eigenvalue weighted by Gasteiger charge is 2.15. The van der Waals surface area contributed by atoms with Crippen LogP contribution < -0.4 is 0 Å². The molecule has 0 atom stereocenters. The van der Waals surface area contributed by atoms with Gasteiger partial charge in [-0.15, -0.1) is 0 Å². The Kier molecular flexibility index (Phi) is 3.77. The third-order valence-corrected chi connectivity index (χ3v) is 5.02. The van der Waals surface area contributed by atoms with Crippen molar-refractivity contribution in [3.8, 4) is 11.3 Å². The standard InChI is InChI=1S/C19H15FN2O2S/c1-3-24-18(23)12-5-7-16-17(9-12)25-19-21-15(10-22(16)19)13-8-11(2)4-6-14(13)20/h4-10H,3H2,1-2H3. The van der Waals surface area contributed by atoms with Gasteiger partial charge in [-0.3, -0.25) is 4.40 Å². The number of fused-ring (bicyclic) bond motifs is 3. The average Bonchev–Trinajstić information content (AvgIpc) is 3.14. The predicted molar refractivity (Wildman–Crippen MR) is 96.7 cm³/mol. The monoisotopic (exact) mass is 354 g/mol. The second-order valence-electron chi connectivity index (χ2n) is 5.77. The minimum absolute atomic E-state index is 0.287. The van der Waals surface area contributed by atoms with Crippen LogP contribution in [0.1, 0.15) is 22.8 Å². The van der Waals surface area contributed by atoms with Gasteiger partial charge in [-0.05, 0) is 44.2 Å². The van der Waals surface area contributed by atoms with Crippen LogP contribution in [0, 0.1) is 12.7 Å². The van der Waals surface area contributed by atoms with Crippen molar-refractivity contribution in [3.63, 3.8) is 0 Å². The Morgan fingerprint density at radius 2 is 2.12 bits per heavy atom. The molecule has 2 aromatic heterocycles. The molecule has 0 unspecified atom stereocenters. The summed E-state index contributed by atoms with van der Waals surface area (Å²) in [6.07, 6.45) is 1.83. The van der Waals surface area contributed by atoms with Crippen LogP contribution in [-0.2, 0) is 4.74 Å². The largest absolute Gasteiger partial charge is 0.462 e. The van der Waals surface area contributed by atoms with Crippen molar-refractivity contribution in [1.29, 1.82) is 0 Å². The summed E-state index contributed by atoms with van der Waals surface area (Å²) in [4.78, 5) is 17.2. The number of halogens is 1. The molecule has 0 amide bonds. The first-order chi connectivity index (χ1) is 12.1. The lowest BCUT2D eigenvalue weighted by Crippen LogP contribution is -2.03. The average molecular weight is 354 g/mol. The molecule has 4 aromatic rings. The number of esters is 1. The molecule has 0 N–H and O–H groups in total. The predicted octanol–water partition coefficient (Wildman–Crippen LogP) is 4.84. The topological polar surface area (TPSA) is 43.6 Å². The second-order valence-corrected chi connectivity index (χ2v) is 6.78. The lowest BCUT2D eigenvalue weighted by atomic mass is 10.1. The van der Waals surface area contributed by atoms with E-state index in [4.69, 9.17) is 4.74 Å². The zero-order chi connectivity index (χ0) is 17.6. The zero-order valence-corrected chi connectivity index (χ0v) is 14.6. The summed E-state index contributed by atoms with van der Waals surface area (Å²) in [7, 11) is 0. The molecule has 2 aromatic carbocycles. The molecular formula is C19H15FN2O2S. The van der Waals surface area contributed by atoms with E-state index >= 15 is 0 Å². The van der Waals surface area contributed by atoms with E-state index in [1.807, 2.05) is 23.6 Å². The molecule has 0 bridgehead atoms. The third kappa shape index (κ3) is 2.68. The molecule has 0 aliphatic carbocycles. The highest BCUT2D eigenvalue weighted by molar-refractivity contribution is 7.23. The molecule has 4 nitrogen and oxygen atoms in total. The van der Waals surface area contributed by atoms with Crippen molar-refractivity contribution in [2.45, 2.75) is 13.8 Å². The molecular weight excluding hydrogens is 339 g/mol. The van der Waals surface area contributed by atoms with Crippen molar-refractivity contribution in [2.75, 3.05) is 6.61 Å². The number of aryl methyl sites for hydroxylation is 1. The number of carbonyl (C=O) groups excluding carboxylic acids is 1. The molecule has 4 rings (SSSR count). The number of rotatable bonds is 3. The van der Waals surface area contributed by atoms with Crippen molar-refractivity contribution >= 4 is 32.5 Å². The van der Waals surface area contributed by atoms with Gasteiger partial charge in [0, 0.05) is 11.8 Å². The number of ether oxygens (including phenoxy) is 1. The van der Waals surface area contributed by atoms with Gasteiger partial charge < -0.3 is 4.74 Å². The maximum Gasteiger partial charge on any atom is 0.338 e. The Morgan fingerprint density at radius 1 is 1.28 bits per heavy atom. The summed E-state index contributed by atoms with van der Waals surface area (Å²) < 4.78 is 22.0.